The molecule has 2 aromatic rings. The van der Waals surface area contributed by atoms with E-state index in [1.807, 2.05) is 12.3 Å². The van der Waals surface area contributed by atoms with Crippen molar-refractivity contribution in [1.29, 1.82) is 0 Å². The maximum atomic E-state index is 5.28. The summed E-state index contributed by atoms with van der Waals surface area (Å²) in [5.41, 5.74) is 2.48. The number of nitrogens with zero attached hydrogens (tertiary/aromatic N) is 1. The minimum Gasteiger partial charge on any atom is -0.495 e. The van der Waals surface area contributed by atoms with E-state index in [-0.39, 0.29) is 6.04 Å². The van der Waals surface area contributed by atoms with Crippen molar-refractivity contribution in [3.63, 3.8) is 0 Å². The molecule has 2 unspecified atom stereocenters. The van der Waals surface area contributed by atoms with Crippen LogP contribution in [0.2, 0.25) is 0 Å². The average Bonchev–Trinajstić information content (AvgIpc) is 2.53. The van der Waals surface area contributed by atoms with Crippen LogP contribution in [0.3, 0.4) is 0 Å². The molecule has 1 N–H and O–H groups in total. The van der Waals surface area contributed by atoms with E-state index >= 15 is 0 Å². The number of methoxy groups -OCH3 is 1. The summed E-state index contributed by atoms with van der Waals surface area (Å²) >= 11 is 0. The first-order valence-electron chi connectivity index (χ1n) is 7.03. The van der Waals surface area contributed by atoms with Crippen LogP contribution in [0, 0.1) is 0 Å². The Hall–Kier alpha value is -1.87. The molecule has 0 aliphatic carbocycles. The molecule has 0 aliphatic heterocycles. The van der Waals surface area contributed by atoms with E-state index in [0.29, 0.717) is 5.92 Å². The lowest BCUT2D eigenvalue weighted by atomic mass is 9.89. The first-order valence-corrected chi connectivity index (χ1v) is 7.03. The van der Waals surface area contributed by atoms with E-state index < -0.39 is 0 Å². The molecular formula is C17H22N2O. The summed E-state index contributed by atoms with van der Waals surface area (Å²) in [6, 6.07) is 12.8. The molecule has 0 saturated heterocycles. The Bertz CT molecular complexity index is 528. The van der Waals surface area contributed by atoms with E-state index in [0.717, 1.165) is 17.9 Å². The summed E-state index contributed by atoms with van der Waals surface area (Å²) in [7, 11) is 1.67. The molecule has 0 fully saturated rings. The third kappa shape index (κ3) is 3.36. The fourth-order valence-electron chi connectivity index (χ4n) is 2.47. The SMILES string of the molecule is CCNC(c1cncc(OC)c1)C(C)c1ccccc1. The van der Waals surface area contributed by atoms with Gasteiger partial charge in [0.25, 0.3) is 0 Å². The van der Waals surface area contributed by atoms with Crippen LogP contribution in [0.15, 0.2) is 48.8 Å². The molecule has 0 saturated carbocycles. The van der Waals surface area contributed by atoms with Crippen LogP contribution in [0.1, 0.15) is 36.9 Å². The molecule has 0 bridgehead atoms. The van der Waals surface area contributed by atoms with Gasteiger partial charge in [-0.1, -0.05) is 44.2 Å². The molecule has 106 valence electrons. The van der Waals surface area contributed by atoms with Gasteiger partial charge >= 0.3 is 0 Å². The quantitative estimate of drug-likeness (QED) is 0.871. The lowest BCUT2D eigenvalue weighted by Gasteiger charge is -2.25. The second-order valence-electron chi connectivity index (χ2n) is 4.89. The second kappa shape index (κ2) is 7.06. The molecule has 1 aromatic carbocycles. The molecule has 2 rings (SSSR count). The number of hydrogen-bond donors (Lipinski definition) is 1. The molecule has 3 nitrogen and oxygen atoms in total. The molecular weight excluding hydrogens is 248 g/mol. The largest absolute Gasteiger partial charge is 0.495 e. The summed E-state index contributed by atoms with van der Waals surface area (Å²) in [5.74, 6) is 1.16. The summed E-state index contributed by atoms with van der Waals surface area (Å²) in [5, 5.41) is 3.55. The van der Waals surface area contributed by atoms with Gasteiger partial charge in [0.2, 0.25) is 0 Å². The van der Waals surface area contributed by atoms with Gasteiger partial charge < -0.3 is 10.1 Å². The van der Waals surface area contributed by atoms with Crippen LogP contribution in [0.4, 0.5) is 0 Å². The maximum absolute atomic E-state index is 5.28. The fourth-order valence-corrected chi connectivity index (χ4v) is 2.47. The van der Waals surface area contributed by atoms with Gasteiger partial charge in [0.1, 0.15) is 5.75 Å². The van der Waals surface area contributed by atoms with Gasteiger partial charge in [-0.2, -0.15) is 0 Å². The Morgan fingerprint density at radius 1 is 1.15 bits per heavy atom. The fraction of sp³-hybridized carbons (Fsp3) is 0.353. The van der Waals surface area contributed by atoms with E-state index in [9.17, 15) is 0 Å². The maximum Gasteiger partial charge on any atom is 0.137 e. The molecule has 2 atom stereocenters. The van der Waals surface area contributed by atoms with Crippen molar-refractivity contribution in [1.82, 2.24) is 10.3 Å². The van der Waals surface area contributed by atoms with Crippen LogP contribution >= 0.6 is 0 Å². The zero-order valence-electron chi connectivity index (χ0n) is 12.3. The Morgan fingerprint density at radius 2 is 1.90 bits per heavy atom. The smallest absolute Gasteiger partial charge is 0.137 e. The van der Waals surface area contributed by atoms with E-state index in [1.165, 1.54) is 5.56 Å². The van der Waals surface area contributed by atoms with Gasteiger partial charge in [0.15, 0.2) is 0 Å². The highest BCUT2D eigenvalue weighted by Crippen LogP contribution is 2.31. The van der Waals surface area contributed by atoms with Crippen LogP contribution in [0.25, 0.3) is 0 Å². The lowest BCUT2D eigenvalue weighted by Crippen LogP contribution is -2.26. The molecule has 0 radical (unpaired) electrons. The number of aromatic nitrogens is 1. The van der Waals surface area contributed by atoms with Crippen molar-refractivity contribution >= 4 is 0 Å². The molecule has 3 heteroatoms. The normalized spacial score (nSPS) is 13.8. The van der Waals surface area contributed by atoms with E-state index in [4.69, 9.17) is 4.74 Å². The highest BCUT2D eigenvalue weighted by Gasteiger charge is 2.20. The summed E-state index contributed by atoms with van der Waals surface area (Å²) < 4.78 is 5.28. The Kier molecular flexibility index (Phi) is 5.13. The van der Waals surface area contributed by atoms with E-state index in [2.05, 4.69) is 54.5 Å². The second-order valence-corrected chi connectivity index (χ2v) is 4.89. The highest BCUT2D eigenvalue weighted by atomic mass is 16.5. The summed E-state index contributed by atoms with van der Waals surface area (Å²) in [4.78, 5) is 4.27. The Morgan fingerprint density at radius 3 is 2.55 bits per heavy atom. The number of likely N-dealkylation sites (N-methyl/N-ethyl adjacent to an activating group) is 1. The minimum atomic E-state index is 0.227. The zero-order chi connectivity index (χ0) is 14.4. The van der Waals surface area contributed by atoms with Crippen molar-refractivity contribution in [2.75, 3.05) is 13.7 Å². The van der Waals surface area contributed by atoms with Crippen molar-refractivity contribution < 1.29 is 4.74 Å². The highest BCUT2D eigenvalue weighted by molar-refractivity contribution is 5.30. The van der Waals surface area contributed by atoms with Crippen molar-refractivity contribution in [3.8, 4) is 5.75 Å². The first kappa shape index (κ1) is 14.5. The molecule has 1 heterocycles. The topological polar surface area (TPSA) is 34.2 Å². The van der Waals surface area contributed by atoms with Crippen LogP contribution in [0.5, 0.6) is 5.75 Å². The van der Waals surface area contributed by atoms with Crippen molar-refractivity contribution in [2.24, 2.45) is 0 Å². The molecule has 0 spiro atoms. The van der Waals surface area contributed by atoms with Crippen LogP contribution < -0.4 is 10.1 Å². The number of hydrogen-bond acceptors (Lipinski definition) is 3. The Balaban J connectivity index is 2.30. The van der Waals surface area contributed by atoms with Gasteiger partial charge in [-0.25, -0.2) is 0 Å². The van der Waals surface area contributed by atoms with Gasteiger partial charge in [-0.3, -0.25) is 4.98 Å². The molecule has 1 aromatic heterocycles. The van der Waals surface area contributed by atoms with Crippen LogP contribution in [-0.4, -0.2) is 18.6 Å². The predicted molar refractivity (Wildman–Crippen MR) is 82.1 cm³/mol. The third-order valence-electron chi connectivity index (χ3n) is 3.58. The lowest BCUT2D eigenvalue weighted by molar-refractivity contribution is 0.409. The van der Waals surface area contributed by atoms with Gasteiger partial charge in [-0.15, -0.1) is 0 Å². The molecule has 20 heavy (non-hydrogen) atoms. The van der Waals surface area contributed by atoms with Gasteiger partial charge in [0, 0.05) is 18.2 Å². The number of nitrogens with one attached hydrogen (secondary N) is 1. The number of pyridine rings is 1. The monoisotopic (exact) mass is 270 g/mol. The summed E-state index contributed by atoms with van der Waals surface area (Å²) in [6.07, 6.45) is 3.65. The zero-order valence-corrected chi connectivity index (χ0v) is 12.3. The molecule has 0 aliphatic rings. The van der Waals surface area contributed by atoms with Crippen molar-refractivity contribution in [2.45, 2.75) is 25.8 Å². The summed E-state index contributed by atoms with van der Waals surface area (Å²) in [6.45, 7) is 5.28. The first-order chi connectivity index (χ1) is 9.76. The standard InChI is InChI=1S/C17H22N2O/c1-4-19-17(13(2)14-8-6-5-7-9-14)15-10-16(20-3)12-18-11-15/h5-13,17,19H,4H2,1-3H3. The average molecular weight is 270 g/mol. The predicted octanol–water partition coefficient (Wildman–Crippen LogP) is 3.54. The van der Waals surface area contributed by atoms with Crippen LogP contribution in [-0.2, 0) is 0 Å². The minimum absolute atomic E-state index is 0.227. The van der Waals surface area contributed by atoms with Crippen molar-refractivity contribution in [3.05, 3.63) is 59.9 Å². The number of rotatable bonds is 6. The van der Waals surface area contributed by atoms with Gasteiger partial charge in [0.05, 0.1) is 13.3 Å². The third-order valence-corrected chi connectivity index (χ3v) is 3.58. The van der Waals surface area contributed by atoms with E-state index in [1.54, 1.807) is 13.3 Å². The number of benzene rings is 1. The molecule has 0 amide bonds. The number of ether oxygens (including phenoxy) is 1. The Labute approximate surface area is 121 Å². The van der Waals surface area contributed by atoms with Gasteiger partial charge in [-0.05, 0) is 23.7 Å².